The Morgan fingerprint density at radius 2 is 2.00 bits per heavy atom. The van der Waals surface area contributed by atoms with Crippen LogP contribution >= 0.6 is 0 Å². The molecule has 0 fully saturated rings. The molecule has 1 aromatic carbocycles. The molecule has 18 heavy (non-hydrogen) atoms. The lowest BCUT2D eigenvalue weighted by atomic mass is 10.1. The van der Waals surface area contributed by atoms with Crippen molar-refractivity contribution in [2.24, 2.45) is 0 Å². The predicted molar refractivity (Wildman–Crippen MR) is 54.8 cm³/mol. The van der Waals surface area contributed by atoms with Gasteiger partial charge in [-0.1, -0.05) is 6.07 Å². The maximum atomic E-state index is 12.4. The third-order valence-corrected chi connectivity index (χ3v) is 1.94. The van der Waals surface area contributed by atoms with Gasteiger partial charge < -0.3 is 5.11 Å². The van der Waals surface area contributed by atoms with Gasteiger partial charge in [0.25, 0.3) is 5.69 Å². The van der Waals surface area contributed by atoms with Gasteiger partial charge >= 0.3 is 12.1 Å². The van der Waals surface area contributed by atoms with Gasteiger partial charge in [-0.2, -0.15) is 13.2 Å². The Labute approximate surface area is 98.3 Å². The SMILES string of the molecule is O=C(O)C=Cc1ccc(C(F)(F)F)c([N+](=O)[O-])c1. The number of carboxylic acid groups (broad SMARTS) is 1. The largest absolute Gasteiger partial charge is 0.478 e. The van der Waals surface area contributed by atoms with E-state index in [1.807, 2.05) is 0 Å². The van der Waals surface area contributed by atoms with Gasteiger partial charge in [-0.3, -0.25) is 10.1 Å². The van der Waals surface area contributed by atoms with E-state index < -0.39 is 28.3 Å². The lowest BCUT2D eigenvalue weighted by Gasteiger charge is -2.07. The van der Waals surface area contributed by atoms with Crippen molar-refractivity contribution < 1.29 is 28.0 Å². The summed E-state index contributed by atoms with van der Waals surface area (Å²) < 4.78 is 37.3. The Hall–Kier alpha value is -2.38. The summed E-state index contributed by atoms with van der Waals surface area (Å²) in [6, 6.07) is 2.16. The second-order valence-electron chi connectivity index (χ2n) is 3.20. The van der Waals surface area contributed by atoms with E-state index in [4.69, 9.17) is 5.11 Å². The molecule has 0 saturated carbocycles. The number of nitro benzene ring substituents is 1. The number of aliphatic carboxylic acids is 1. The quantitative estimate of drug-likeness (QED) is 0.515. The Kier molecular flexibility index (Phi) is 3.70. The molecule has 0 saturated heterocycles. The van der Waals surface area contributed by atoms with Gasteiger partial charge in [-0.05, 0) is 17.7 Å². The minimum Gasteiger partial charge on any atom is -0.478 e. The summed E-state index contributed by atoms with van der Waals surface area (Å²) >= 11 is 0. The van der Waals surface area contributed by atoms with Gasteiger partial charge in [0.2, 0.25) is 0 Å². The summed E-state index contributed by atoms with van der Waals surface area (Å²) in [6.07, 6.45) is -3.20. The van der Waals surface area contributed by atoms with E-state index in [-0.39, 0.29) is 5.56 Å². The fraction of sp³-hybridized carbons (Fsp3) is 0.100. The number of alkyl halides is 3. The average molecular weight is 261 g/mol. The summed E-state index contributed by atoms with van der Waals surface area (Å²) in [6.45, 7) is 0. The molecule has 0 heterocycles. The fourth-order valence-corrected chi connectivity index (χ4v) is 1.21. The number of nitrogens with zero attached hydrogens (tertiary/aromatic N) is 1. The fourth-order valence-electron chi connectivity index (χ4n) is 1.21. The third kappa shape index (κ3) is 3.30. The molecule has 0 amide bonds. The topological polar surface area (TPSA) is 80.4 Å². The van der Waals surface area contributed by atoms with Crippen LogP contribution in [0.1, 0.15) is 11.1 Å². The number of hydrogen-bond donors (Lipinski definition) is 1. The van der Waals surface area contributed by atoms with E-state index in [2.05, 4.69) is 0 Å². The van der Waals surface area contributed by atoms with Gasteiger partial charge in [0.15, 0.2) is 0 Å². The molecule has 1 N–H and O–H groups in total. The lowest BCUT2D eigenvalue weighted by molar-refractivity contribution is -0.388. The number of benzene rings is 1. The van der Waals surface area contributed by atoms with E-state index in [1.54, 1.807) is 0 Å². The summed E-state index contributed by atoms with van der Waals surface area (Å²) in [5, 5.41) is 18.9. The molecule has 0 radical (unpaired) electrons. The highest BCUT2D eigenvalue weighted by Crippen LogP contribution is 2.36. The van der Waals surface area contributed by atoms with Crippen LogP contribution in [0.5, 0.6) is 0 Å². The van der Waals surface area contributed by atoms with Gasteiger partial charge in [0.05, 0.1) is 4.92 Å². The van der Waals surface area contributed by atoms with Crippen molar-refractivity contribution in [1.29, 1.82) is 0 Å². The molecule has 1 rings (SSSR count). The molecule has 0 aliphatic rings. The minimum absolute atomic E-state index is 0.00269. The molecule has 1 aromatic rings. The van der Waals surface area contributed by atoms with E-state index in [1.165, 1.54) is 0 Å². The van der Waals surface area contributed by atoms with E-state index in [0.29, 0.717) is 18.2 Å². The molecular formula is C10H6F3NO4. The molecule has 0 aromatic heterocycles. The zero-order valence-corrected chi connectivity index (χ0v) is 8.64. The van der Waals surface area contributed by atoms with Crippen LogP contribution in [0.2, 0.25) is 0 Å². The number of carbonyl (C=O) groups is 1. The maximum absolute atomic E-state index is 12.4. The molecule has 0 atom stereocenters. The van der Waals surface area contributed by atoms with Crippen LogP contribution in [0.3, 0.4) is 0 Å². The Morgan fingerprint density at radius 1 is 1.39 bits per heavy atom. The van der Waals surface area contributed by atoms with Gasteiger partial charge in [0, 0.05) is 12.1 Å². The number of hydrogen-bond acceptors (Lipinski definition) is 3. The van der Waals surface area contributed by atoms with Gasteiger partial charge in [-0.25, -0.2) is 4.79 Å². The van der Waals surface area contributed by atoms with Crippen molar-refractivity contribution in [3.05, 3.63) is 45.5 Å². The molecular weight excluding hydrogens is 255 g/mol. The average Bonchev–Trinajstić information content (AvgIpc) is 2.24. The first-order chi connectivity index (χ1) is 8.21. The monoisotopic (exact) mass is 261 g/mol. The zero-order chi connectivity index (χ0) is 13.9. The van der Waals surface area contributed by atoms with Crippen molar-refractivity contribution >= 4 is 17.7 Å². The lowest BCUT2D eigenvalue weighted by Crippen LogP contribution is -2.08. The highest BCUT2D eigenvalue weighted by molar-refractivity contribution is 5.85. The normalized spacial score (nSPS) is 11.7. The highest BCUT2D eigenvalue weighted by atomic mass is 19.4. The second kappa shape index (κ2) is 4.86. The van der Waals surface area contributed by atoms with Gasteiger partial charge in [-0.15, -0.1) is 0 Å². The number of halogens is 3. The van der Waals surface area contributed by atoms with Crippen molar-refractivity contribution in [1.82, 2.24) is 0 Å². The summed E-state index contributed by atoms with van der Waals surface area (Å²) in [5.74, 6) is -1.31. The molecule has 0 aliphatic heterocycles. The molecule has 5 nitrogen and oxygen atoms in total. The number of rotatable bonds is 3. The molecule has 0 spiro atoms. The maximum Gasteiger partial charge on any atom is 0.422 e. The first kappa shape index (κ1) is 13.7. The van der Waals surface area contributed by atoms with Crippen molar-refractivity contribution in [2.75, 3.05) is 0 Å². The first-order valence-electron chi connectivity index (χ1n) is 4.48. The number of carboxylic acids is 1. The summed E-state index contributed by atoms with van der Waals surface area (Å²) in [4.78, 5) is 19.6. The van der Waals surface area contributed by atoms with E-state index in [0.717, 1.165) is 12.1 Å². The molecule has 8 heteroatoms. The van der Waals surface area contributed by atoms with Crippen LogP contribution < -0.4 is 0 Å². The van der Waals surface area contributed by atoms with Crippen LogP contribution in [-0.2, 0) is 11.0 Å². The Morgan fingerprint density at radius 3 is 2.44 bits per heavy atom. The summed E-state index contributed by atoms with van der Waals surface area (Å²) in [5.41, 5.74) is -2.49. The van der Waals surface area contributed by atoms with Crippen LogP contribution in [-0.4, -0.2) is 16.0 Å². The first-order valence-corrected chi connectivity index (χ1v) is 4.48. The van der Waals surface area contributed by atoms with Gasteiger partial charge in [0.1, 0.15) is 5.56 Å². The van der Waals surface area contributed by atoms with Crippen LogP contribution in [0.15, 0.2) is 24.3 Å². The van der Waals surface area contributed by atoms with Crippen molar-refractivity contribution in [2.45, 2.75) is 6.18 Å². The second-order valence-corrected chi connectivity index (χ2v) is 3.20. The van der Waals surface area contributed by atoms with Crippen LogP contribution in [0, 0.1) is 10.1 Å². The standard InChI is InChI=1S/C10H6F3NO4/c11-10(12,13)7-3-1-6(2-4-9(15)16)5-8(7)14(17)18/h1-5H,(H,15,16). The molecule has 0 aliphatic carbocycles. The molecule has 96 valence electrons. The van der Waals surface area contributed by atoms with E-state index in [9.17, 15) is 28.1 Å². The Balaban J connectivity index is 3.28. The van der Waals surface area contributed by atoms with E-state index >= 15 is 0 Å². The van der Waals surface area contributed by atoms with Crippen molar-refractivity contribution in [3.63, 3.8) is 0 Å². The minimum atomic E-state index is -4.84. The van der Waals surface area contributed by atoms with Crippen LogP contribution in [0.25, 0.3) is 6.08 Å². The smallest absolute Gasteiger partial charge is 0.422 e. The Bertz CT molecular complexity index is 522. The zero-order valence-electron chi connectivity index (χ0n) is 8.64. The predicted octanol–water partition coefficient (Wildman–Crippen LogP) is 2.71. The van der Waals surface area contributed by atoms with Crippen LogP contribution in [0.4, 0.5) is 18.9 Å². The summed E-state index contributed by atoms with van der Waals surface area (Å²) in [7, 11) is 0. The highest BCUT2D eigenvalue weighted by Gasteiger charge is 2.38. The molecule has 0 bridgehead atoms. The third-order valence-electron chi connectivity index (χ3n) is 1.94. The number of nitro groups is 1. The van der Waals surface area contributed by atoms with Crippen molar-refractivity contribution in [3.8, 4) is 0 Å². The molecule has 0 unspecified atom stereocenters.